The van der Waals surface area contributed by atoms with E-state index in [1.807, 2.05) is 128 Å². The average Bonchev–Trinajstić information content (AvgIpc) is 2.99. The third kappa shape index (κ3) is 18.8. The van der Waals surface area contributed by atoms with Crippen LogP contribution in [0.15, 0.2) is 30.3 Å². The van der Waals surface area contributed by atoms with Crippen LogP contribution in [0.3, 0.4) is 0 Å². The first-order valence-corrected chi connectivity index (χ1v) is 17.7. The fraction of sp³-hybridized carbons (Fsp3) is 0.737. The summed E-state index contributed by atoms with van der Waals surface area (Å²) in [5.41, 5.74) is -1.70. The lowest BCUT2D eigenvalue weighted by molar-refractivity contribution is -0.161. The van der Waals surface area contributed by atoms with Crippen LogP contribution in [0.2, 0.25) is 0 Å². The summed E-state index contributed by atoms with van der Waals surface area (Å²) in [6, 6.07) is 9.38. The molecule has 12 nitrogen and oxygen atoms in total. The first kappa shape index (κ1) is 43.1. The number of esters is 4. The summed E-state index contributed by atoms with van der Waals surface area (Å²) in [6.45, 7) is 25.8. The van der Waals surface area contributed by atoms with Crippen LogP contribution in [-0.2, 0) is 38.1 Å². The van der Waals surface area contributed by atoms with Gasteiger partial charge in [0.25, 0.3) is 0 Å². The zero-order valence-corrected chi connectivity index (χ0v) is 32.8. The van der Waals surface area contributed by atoms with Crippen molar-refractivity contribution >= 4 is 23.9 Å². The lowest BCUT2D eigenvalue weighted by Crippen LogP contribution is -2.47. The van der Waals surface area contributed by atoms with Crippen molar-refractivity contribution in [2.75, 3.05) is 72.0 Å². The van der Waals surface area contributed by atoms with Crippen molar-refractivity contribution in [2.24, 2.45) is 0 Å². The molecular formula is C38H64N4O8. The van der Waals surface area contributed by atoms with Gasteiger partial charge in [0.15, 0.2) is 0 Å². The molecule has 1 aromatic rings. The quantitative estimate of drug-likeness (QED) is 0.228. The minimum Gasteiger partial charge on any atom is -0.459 e. The van der Waals surface area contributed by atoms with E-state index >= 15 is 0 Å². The largest absolute Gasteiger partial charge is 0.459 e. The highest BCUT2D eigenvalue weighted by Gasteiger charge is 2.32. The van der Waals surface area contributed by atoms with E-state index in [0.717, 1.165) is 5.56 Å². The third-order valence-electron chi connectivity index (χ3n) is 7.30. The van der Waals surface area contributed by atoms with Crippen LogP contribution >= 0.6 is 0 Å². The van der Waals surface area contributed by atoms with Crippen molar-refractivity contribution in [3.05, 3.63) is 35.9 Å². The van der Waals surface area contributed by atoms with E-state index in [1.54, 1.807) is 0 Å². The van der Waals surface area contributed by atoms with E-state index in [9.17, 15) is 19.2 Å². The van der Waals surface area contributed by atoms with Crippen molar-refractivity contribution in [3.63, 3.8) is 0 Å². The molecule has 0 saturated carbocycles. The molecule has 0 radical (unpaired) electrons. The summed E-state index contributed by atoms with van der Waals surface area (Å²) < 4.78 is 22.7. The predicted molar refractivity (Wildman–Crippen MR) is 193 cm³/mol. The van der Waals surface area contributed by atoms with Crippen LogP contribution in [0.1, 0.15) is 94.7 Å². The topological polar surface area (TPSA) is 118 Å². The number of hydrogen-bond acceptors (Lipinski definition) is 12. The zero-order chi connectivity index (χ0) is 37.9. The maximum atomic E-state index is 13.3. The summed E-state index contributed by atoms with van der Waals surface area (Å²) in [5.74, 6) is -1.52. The Kier molecular flexibility index (Phi) is 15.9. The highest BCUT2D eigenvalue weighted by atomic mass is 16.6. The maximum Gasteiger partial charge on any atom is 0.320 e. The van der Waals surface area contributed by atoms with Crippen LogP contribution in [0.25, 0.3) is 0 Å². The molecule has 1 unspecified atom stereocenters. The van der Waals surface area contributed by atoms with Crippen molar-refractivity contribution in [3.8, 4) is 0 Å². The van der Waals surface area contributed by atoms with Gasteiger partial charge in [0.1, 0.15) is 22.4 Å². The molecule has 0 aromatic heterocycles. The first-order chi connectivity index (χ1) is 22.9. The Morgan fingerprint density at radius 2 is 0.860 bits per heavy atom. The molecule has 50 heavy (non-hydrogen) atoms. The van der Waals surface area contributed by atoms with Crippen molar-refractivity contribution in [2.45, 2.75) is 112 Å². The van der Waals surface area contributed by atoms with E-state index < -0.39 is 40.4 Å². The second-order valence-electron chi connectivity index (χ2n) is 17.0. The van der Waals surface area contributed by atoms with Crippen LogP contribution in [0.4, 0.5) is 0 Å². The summed E-state index contributed by atoms with van der Waals surface area (Å²) in [5, 5.41) is 0. The number of carbonyl (C=O) groups excluding carboxylic acids is 4. The van der Waals surface area contributed by atoms with Gasteiger partial charge in [0, 0.05) is 51.9 Å². The van der Waals surface area contributed by atoms with Crippen LogP contribution < -0.4 is 0 Å². The minimum atomic E-state index is -0.701. The van der Waals surface area contributed by atoms with Gasteiger partial charge in [-0.1, -0.05) is 30.3 Å². The van der Waals surface area contributed by atoms with Gasteiger partial charge in [0.05, 0.1) is 26.2 Å². The van der Waals surface area contributed by atoms with Gasteiger partial charge in [-0.25, -0.2) is 0 Å². The van der Waals surface area contributed by atoms with E-state index in [-0.39, 0.29) is 38.1 Å². The molecule has 284 valence electrons. The molecule has 1 aliphatic heterocycles. The number of ether oxygens (including phenoxy) is 4. The Hall–Kier alpha value is -3.06. The molecule has 1 aromatic carbocycles. The first-order valence-electron chi connectivity index (χ1n) is 17.7. The number of rotatable bonds is 12. The highest BCUT2D eigenvalue weighted by molar-refractivity contribution is 5.76. The molecule has 0 amide bonds. The molecule has 1 atom stereocenters. The van der Waals surface area contributed by atoms with E-state index in [4.69, 9.17) is 18.9 Å². The summed E-state index contributed by atoms with van der Waals surface area (Å²) in [7, 11) is 0. The molecule has 1 saturated heterocycles. The molecule has 0 spiro atoms. The molecule has 12 heteroatoms. The Bertz CT molecular complexity index is 1170. The van der Waals surface area contributed by atoms with E-state index in [2.05, 4.69) is 4.90 Å². The van der Waals surface area contributed by atoms with Gasteiger partial charge in [-0.05, 0) is 88.6 Å². The van der Waals surface area contributed by atoms with Crippen molar-refractivity contribution in [1.82, 2.24) is 19.6 Å². The summed E-state index contributed by atoms with van der Waals surface area (Å²) in [4.78, 5) is 60.5. The molecule has 0 aliphatic carbocycles. The lowest BCUT2D eigenvalue weighted by atomic mass is 10.0. The Morgan fingerprint density at radius 1 is 0.540 bits per heavy atom. The van der Waals surface area contributed by atoms with Crippen LogP contribution in [-0.4, -0.2) is 138 Å². The Balaban J connectivity index is 2.46. The highest BCUT2D eigenvalue weighted by Crippen LogP contribution is 2.24. The number of nitrogens with zero attached hydrogens (tertiary/aromatic N) is 4. The SMILES string of the molecule is CC(C)(C)OC(=O)CN1CCN(CC(=O)OC(C)(C)C)CCN(CC(c2ccccc2)N(CC(=O)OC(C)(C)C)CC(=O)OC(C)(C)C)CC1. The van der Waals surface area contributed by atoms with Crippen LogP contribution in [0.5, 0.6) is 0 Å². The number of hydrogen-bond donors (Lipinski definition) is 0. The summed E-state index contributed by atoms with van der Waals surface area (Å²) >= 11 is 0. The van der Waals surface area contributed by atoms with E-state index in [0.29, 0.717) is 45.8 Å². The average molecular weight is 705 g/mol. The van der Waals surface area contributed by atoms with Gasteiger partial charge in [-0.3, -0.25) is 38.8 Å². The second kappa shape index (κ2) is 18.4. The zero-order valence-electron chi connectivity index (χ0n) is 32.8. The molecule has 1 fully saturated rings. The normalized spacial score (nSPS) is 16.9. The molecule has 1 heterocycles. The predicted octanol–water partition coefficient (Wildman–Crippen LogP) is 4.32. The van der Waals surface area contributed by atoms with Gasteiger partial charge in [-0.15, -0.1) is 0 Å². The Labute approximate surface area is 300 Å². The number of carbonyl (C=O) groups is 4. The van der Waals surface area contributed by atoms with Gasteiger partial charge < -0.3 is 18.9 Å². The van der Waals surface area contributed by atoms with Gasteiger partial charge in [0.2, 0.25) is 0 Å². The molecule has 1 aliphatic rings. The van der Waals surface area contributed by atoms with E-state index in [1.165, 1.54) is 0 Å². The van der Waals surface area contributed by atoms with Gasteiger partial charge >= 0.3 is 23.9 Å². The second-order valence-corrected chi connectivity index (χ2v) is 17.0. The molecule has 0 N–H and O–H groups in total. The standard InChI is InChI=1S/C38H64N4O8/c1-35(2,3)47-31(43)25-40-20-18-39(19-21-41(23-22-40)26-32(44)48-36(4,5)6)24-30(29-16-14-13-15-17-29)42(27-33(45)49-37(7,8)9)28-34(46)50-38(10,11)12/h13-17,30H,18-28H2,1-12H3. The molecule has 2 rings (SSSR count). The fourth-order valence-electron chi connectivity index (χ4n) is 5.50. The lowest BCUT2D eigenvalue weighted by Gasteiger charge is -2.36. The molecular weight excluding hydrogens is 640 g/mol. The smallest absolute Gasteiger partial charge is 0.320 e. The molecule has 0 bridgehead atoms. The minimum absolute atomic E-state index is 0.108. The summed E-state index contributed by atoms with van der Waals surface area (Å²) in [6.07, 6.45) is 0. The van der Waals surface area contributed by atoms with Gasteiger partial charge in [-0.2, -0.15) is 0 Å². The van der Waals surface area contributed by atoms with Crippen molar-refractivity contribution < 1.29 is 38.1 Å². The van der Waals surface area contributed by atoms with Crippen molar-refractivity contribution in [1.29, 1.82) is 0 Å². The third-order valence-corrected chi connectivity index (χ3v) is 7.30. The maximum absolute atomic E-state index is 13.3. The Morgan fingerprint density at radius 3 is 1.20 bits per heavy atom. The monoisotopic (exact) mass is 704 g/mol. The van der Waals surface area contributed by atoms with Crippen LogP contribution in [0, 0.1) is 0 Å². The fourth-order valence-corrected chi connectivity index (χ4v) is 5.50. The number of benzene rings is 1.